The number of anilines is 2. The predicted octanol–water partition coefficient (Wildman–Crippen LogP) is 9.06. The normalized spacial score (nSPS) is 28.1. The van der Waals surface area contributed by atoms with Gasteiger partial charge in [-0.15, -0.1) is 0 Å². The smallest absolute Gasteiger partial charge is 0.351 e. The van der Waals surface area contributed by atoms with E-state index in [4.69, 9.17) is 37.0 Å². The van der Waals surface area contributed by atoms with Gasteiger partial charge in [-0.3, -0.25) is 18.7 Å². The van der Waals surface area contributed by atoms with Crippen LogP contribution in [0.3, 0.4) is 0 Å². The number of carbonyl (C=O) groups excluding carboxylic acids is 2. The van der Waals surface area contributed by atoms with E-state index in [0.717, 1.165) is 50.9 Å². The van der Waals surface area contributed by atoms with Crippen molar-refractivity contribution in [2.24, 2.45) is 11.8 Å². The number of nitrogens with zero attached hydrogens (tertiary/aromatic N) is 6. The molecule has 20 nitrogen and oxygen atoms in total. The zero-order valence-electron chi connectivity index (χ0n) is 54.5. The van der Waals surface area contributed by atoms with Crippen LogP contribution in [0.5, 0.6) is 0 Å². The van der Waals surface area contributed by atoms with Gasteiger partial charge in [0.15, 0.2) is 12.5 Å². The first-order chi connectivity index (χ1) is 44.5. The molecule has 92 heavy (non-hydrogen) atoms. The number of benzene rings is 4. The lowest BCUT2D eigenvalue weighted by Crippen LogP contribution is -2.58. The lowest BCUT2D eigenvalue weighted by Gasteiger charge is -2.32. The number of fused-ring (bicyclic) bond motifs is 2. The molecule has 14 atom stereocenters. The molecule has 2 aromatic heterocycles. The molecule has 492 valence electrons. The maximum atomic E-state index is 13.1. The second-order valence-corrected chi connectivity index (χ2v) is 37.1. The Morgan fingerprint density at radius 2 is 0.870 bits per heavy atom. The molecule has 6 aliphatic heterocycles. The van der Waals surface area contributed by atoms with Gasteiger partial charge in [-0.2, -0.15) is 9.97 Å². The Morgan fingerprint density at radius 1 is 0.533 bits per heavy atom. The van der Waals surface area contributed by atoms with Crippen LogP contribution < -0.4 is 42.8 Å². The Morgan fingerprint density at radius 3 is 1.16 bits per heavy atom. The van der Waals surface area contributed by atoms with Crippen LogP contribution in [0.4, 0.5) is 11.6 Å². The minimum Gasteiger partial charge on any atom is -0.374 e. The van der Waals surface area contributed by atoms with Crippen LogP contribution in [0.2, 0.25) is 25.2 Å². The average molecular weight is 1330 g/mol. The number of rotatable bonds is 22. The minimum atomic E-state index is -2.14. The van der Waals surface area contributed by atoms with Crippen molar-refractivity contribution < 1.29 is 46.6 Å². The summed E-state index contributed by atoms with van der Waals surface area (Å²) in [7, 11) is -3.78. The molecule has 2 unspecified atom stereocenters. The van der Waals surface area contributed by atoms with Gasteiger partial charge in [0, 0.05) is 63.6 Å². The first-order valence-electron chi connectivity index (χ1n) is 32.7. The fourth-order valence-corrected chi connectivity index (χ4v) is 25.9. The summed E-state index contributed by atoms with van der Waals surface area (Å²) >= 11 is 0. The van der Waals surface area contributed by atoms with Crippen molar-refractivity contribution in [3.05, 3.63) is 167 Å². The number of carbonyl (C=O) groups is 2. The third kappa shape index (κ3) is 14.4. The van der Waals surface area contributed by atoms with Crippen molar-refractivity contribution in [1.29, 1.82) is 0 Å². The quantitative estimate of drug-likeness (QED) is 0.0480. The summed E-state index contributed by atoms with van der Waals surface area (Å²) < 4.78 is 60.1. The van der Waals surface area contributed by atoms with E-state index in [1.807, 2.05) is 13.8 Å². The SMILES string of the molecule is CC[C@H]1O[C@@H](n2ccc(NC(=O)C(C)C)nc2=O)[C@@H](OC)C1O[P@@]1O[C@H](C[Si](C)(c2ccccc2)c2ccccc2)[C@@H]2CCCN21.CC[C@H]1O[C@@H](n2ccc(NC(=O)C(C)C)nc2=O)[C@@H](OC)C1O[P@]1O[C@@H](C[Si](C)(c2ccccc2)c2ccccc2)[C@H]2CCCN21. The van der Waals surface area contributed by atoms with E-state index in [9.17, 15) is 19.2 Å². The van der Waals surface area contributed by atoms with Crippen molar-refractivity contribution in [2.45, 2.75) is 179 Å². The molecule has 0 aliphatic carbocycles. The van der Waals surface area contributed by atoms with Gasteiger partial charge in [-0.05, 0) is 62.7 Å². The molecule has 12 rings (SSSR count). The molecule has 6 fully saturated rings. The van der Waals surface area contributed by atoms with Crippen LogP contribution in [0.15, 0.2) is 155 Å². The zero-order valence-corrected chi connectivity index (χ0v) is 58.3. The lowest BCUT2D eigenvalue weighted by molar-refractivity contribution is -0.119. The predicted molar refractivity (Wildman–Crippen MR) is 364 cm³/mol. The highest BCUT2D eigenvalue weighted by molar-refractivity contribution is 7.45. The average Bonchev–Trinajstić information content (AvgIpc) is 1.58. The van der Waals surface area contributed by atoms with E-state index >= 15 is 0 Å². The van der Waals surface area contributed by atoms with Gasteiger partial charge in [-0.25, -0.2) is 18.9 Å². The fourth-order valence-electron chi connectivity index (χ4n) is 13.9. The van der Waals surface area contributed by atoms with Gasteiger partial charge in [0.05, 0.1) is 24.4 Å². The summed E-state index contributed by atoms with van der Waals surface area (Å²) in [5.41, 5.74) is -1.06. The summed E-state index contributed by atoms with van der Waals surface area (Å²) in [5.74, 6) is -0.450. The van der Waals surface area contributed by atoms with E-state index < -0.39 is 81.5 Å². The van der Waals surface area contributed by atoms with E-state index in [0.29, 0.717) is 24.9 Å². The fraction of sp³-hybridized carbons (Fsp3) is 0.500. The highest BCUT2D eigenvalue weighted by Gasteiger charge is 2.56. The number of ether oxygens (including phenoxy) is 4. The van der Waals surface area contributed by atoms with Crippen molar-refractivity contribution in [1.82, 2.24) is 28.4 Å². The third-order valence-electron chi connectivity index (χ3n) is 19.2. The summed E-state index contributed by atoms with van der Waals surface area (Å²) in [6.07, 6.45) is 4.95. The third-order valence-corrected chi connectivity index (χ3v) is 31.7. The van der Waals surface area contributed by atoms with Gasteiger partial charge >= 0.3 is 11.4 Å². The number of hydrogen-bond donors (Lipinski definition) is 2. The zero-order chi connectivity index (χ0) is 64.8. The molecule has 24 heteroatoms. The standard InChI is InChI=1S/2C34H45N4O6PSi/c2*1-6-27-30(31(41-4)33(42-27)37-21-19-29(36-34(37)40)35-32(39)23(2)3)44-45-38-20-13-18-26(38)28(43-45)22-46(5,24-14-9-7-10-15-24)25-16-11-8-12-17-25/h2*7-12,14-17,19,21,23,26-28,30-31,33H,6,13,18,20,22H2,1-5H3,(H,35,36,39,40)/t26-,27+,28+,30?,31-,33+,45+;26-,27-,28+,30?,31+,33-,45+/m01/s1. The molecule has 2 N–H and O–H groups in total. The largest absolute Gasteiger partial charge is 0.374 e. The monoisotopic (exact) mass is 1330 g/mol. The molecule has 6 saturated heterocycles. The van der Waals surface area contributed by atoms with Crippen molar-refractivity contribution in [2.75, 3.05) is 37.9 Å². The van der Waals surface area contributed by atoms with Gasteiger partial charge in [0.1, 0.15) is 52.2 Å². The molecule has 2 amide bonds. The molecule has 8 heterocycles. The molecule has 0 radical (unpaired) electrons. The number of methoxy groups -OCH3 is 2. The summed E-state index contributed by atoms with van der Waals surface area (Å²) in [6, 6.07) is 49.3. The van der Waals surface area contributed by atoms with Gasteiger partial charge in [0.2, 0.25) is 11.8 Å². The van der Waals surface area contributed by atoms with Crippen LogP contribution in [0.1, 0.15) is 92.5 Å². The highest BCUT2D eigenvalue weighted by Crippen LogP contribution is 2.60. The van der Waals surface area contributed by atoms with Crippen molar-refractivity contribution in [3.8, 4) is 0 Å². The molecule has 0 spiro atoms. The van der Waals surface area contributed by atoms with Crippen LogP contribution in [0, 0.1) is 11.8 Å². The van der Waals surface area contributed by atoms with E-state index in [2.05, 4.69) is 164 Å². The molecule has 6 aromatic rings. The molecular weight excluding hydrogens is 1240 g/mol. The van der Waals surface area contributed by atoms with E-state index in [1.54, 1.807) is 66.4 Å². The van der Waals surface area contributed by atoms with E-state index in [-0.39, 0.29) is 59.7 Å². The minimum absolute atomic E-state index is 0.0466. The number of hydrogen-bond acceptors (Lipinski definition) is 16. The van der Waals surface area contributed by atoms with Crippen LogP contribution in [-0.2, 0) is 46.6 Å². The number of nitrogens with one attached hydrogen (secondary N) is 2. The van der Waals surface area contributed by atoms with Crippen molar-refractivity contribution >= 4 is 77.4 Å². The summed E-state index contributed by atoms with van der Waals surface area (Å²) in [5, 5.41) is 11.0. The maximum Gasteiger partial charge on any atom is 0.351 e. The summed E-state index contributed by atoms with van der Waals surface area (Å²) in [4.78, 5) is 58.8. The molecule has 4 aromatic carbocycles. The molecule has 0 saturated carbocycles. The lowest BCUT2D eigenvalue weighted by atomic mass is 10.1. The first-order valence-corrected chi connectivity index (χ1v) is 40.3. The Bertz CT molecular complexity index is 3240. The summed E-state index contributed by atoms with van der Waals surface area (Å²) in [6.45, 7) is 18.0. The molecule has 0 bridgehead atoms. The van der Waals surface area contributed by atoms with E-state index in [1.165, 1.54) is 29.9 Å². The van der Waals surface area contributed by atoms with Crippen LogP contribution in [-0.4, -0.2) is 145 Å². The maximum absolute atomic E-state index is 13.1. The Labute approximate surface area is 545 Å². The van der Waals surface area contributed by atoms with Gasteiger partial charge in [0.25, 0.3) is 17.1 Å². The van der Waals surface area contributed by atoms with Gasteiger partial charge in [-0.1, -0.05) is 197 Å². The second-order valence-electron chi connectivity index (χ2n) is 25.8. The Hall–Kier alpha value is -5.53. The second kappa shape index (κ2) is 30.0. The number of aromatic nitrogens is 4. The topological polar surface area (TPSA) is 208 Å². The molecule has 6 aliphatic rings. The highest BCUT2D eigenvalue weighted by atomic mass is 31.2. The van der Waals surface area contributed by atoms with Crippen LogP contribution in [0.25, 0.3) is 0 Å². The number of amides is 2. The molecular formula is C68H90N8O12P2Si2. The van der Waals surface area contributed by atoms with Crippen LogP contribution >= 0.6 is 17.1 Å². The van der Waals surface area contributed by atoms with Crippen molar-refractivity contribution in [3.63, 3.8) is 0 Å². The Kier molecular flexibility index (Phi) is 22.2. The Balaban J connectivity index is 0.000000188. The first kappa shape index (κ1) is 67.9. The van der Waals surface area contributed by atoms with Gasteiger partial charge < -0.3 is 47.7 Å².